The van der Waals surface area contributed by atoms with Gasteiger partial charge in [0.05, 0.1) is 0 Å². The average Bonchev–Trinajstić information content (AvgIpc) is 2.60. The van der Waals surface area contributed by atoms with Gasteiger partial charge >= 0.3 is 0 Å². The van der Waals surface area contributed by atoms with E-state index in [1.807, 2.05) is 0 Å². The molecule has 3 heteroatoms. The standard InChI is InChI=1S/C11H15NO2/c1-8(12-2)5-9-3-4-10-11(6-9)14-7-13-10/h3-4,6,8,12H,5,7H2,1-2H3/i5D2,7D2/hD. The predicted octanol–water partition coefficient (Wildman–Crippen LogP) is 1.57. The first kappa shape index (κ1) is 5.03. The molecule has 1 unspecified atom stereocenters. The second-order valence-electron chi connectivity index (χ2n) is 3.03. The molecule has 0 fully saturated rings. The normalized spacial score (nSPS) is 25.8. The summed E-state index contributed by atoms with van der Waals surface area (Å²) < 4.78 is 48.2. The number of hydrogen-bond donors (Lipinski definition) is 1. The van der Waals surface area contributed by atoms with Crippen LogP contribution in [0.1, 0.15) is 18.0 Å². The monoisotopic (exact) mass is 198 g/mol. The Kier molecular flexibility index (Phi) is 1.39. The number of rotatable bonds is 3. The molecule has 0 amide bonds. The Morgan fingerprint density at radius 2 is 2.43 bits per heavy atom. The average molecular weight is 198 g/mol. The number of nitrogens with one attached hydrogen (secondary N) is 1. The van der Waals surface area contributed by atoms with E-state index < -0.39 is 19.2 Å². The Labute approximate surface area is 91.1 Å². The zero-order valence-corrected chi connectivity index (χ0v) is 8.07. The molecule has 0 spiro atoms. The van der Waals surface area contributed by atoms with Gasteiger partial charge in [-0.2, -0.15) is 0 Å². The summed E-state index contributed by atoms with van der Waals surface area (Å²) in [4.78, 5) is 0. The Bertz CT molecular complexity index is 492. The number of hydrogen-bond acceptors (Lipinski definition) is 3. The van der Waals surface area contributed by atoms with Crippen molar-refractivity contribution in [3.05, 3.63) is 23.8 Å². The highest BCUT2D eigenvalue weighted by Crippen LogP contribution is 2.32. The highest BCUT2D eigenvalue weighted by Gasteiger charge is 2.13. The maximum absolute atomic E-state index is 8.08. The molecule has 1 aromatic rings. The van der Waals surface area contributed by atoms with E-state index in [1.54, 1.807) is 6.92 Å². The van der Waals surface area contributed by atoms with Crippen LogP contribution in [0.5, 0.6) is 11.5 Å². The summed E-state index contributed by atoms with van der Waals surface area (Å²) in [6, 6.07) is 3.75. The second-order valence-corrected chi connectivity index (χ2v) is 3.03. The lowest BCUT2D eigenvalue weighted by atomic mass is 10.1. The van der Waals surface area contributed by atoms with Crippen LogP contribution in [0.4, 0.5) is 0 Å². The third-order valence-corrected chi connectivity index (χ3v) is 2.01. The van der Waals surface area contributed by atoms with Crippen LogP contribution in [-0.2, 0) is 6.37 Å². The third kappa shape index (κ3) is 1.82. The molecule has 2 rings (SSSR count). The summed E-state index contributed by atoms with van der Waals surface area (Å²) in [5, 5.41) is 1.05. The largest absolute Gasteiger partial charge is 0.454 e. The summed E-state index contributed by atoms with van der Waals surface area (Å²) in [6.07, 6.45) is -1.76. The van der Waals surface area contributed by atoms with Crippen molar-refractivity contribution in [2.75, 3.05) is 13.8 Å². The third-order valence-electron chi connectivity index (χ3n) is 2.01. The number of benzene rings is 1. The lowest BCUT2D eigenvalue weighted by Gasteiger charge is -2.09. The first-order valence-electron chi connectivity index (χ1n) is 6.82. The maximum Gasteiger partial charge on any atom is 0.231 e. The topological polar surface area (TPSA) is 30.5 Å². The molecule has 0 saturated heterocycles. The molecule has 1 atom stereocenters. The molecule has 0 bridgehead atoms. The van der Waals surface area contributed by atoms with Gasteiger partial charge in [-0.1, -0.05) is 6.07 Å². The van der Waals surface area contributed by atoms with Crippen molar-refractivity contribution >= 4 is 0 Å². The van der Waals surface area contributed by atoms with Gasteiger partial charge in [0, 0.05) is 8.78 Å². The predicted molar refractivity (Wildman–Crippen MR) is 54.8 cm³/mol. The van der Waals surface area contributed by atoms with Crippen molar-refractivity contribution in [1.82, 2.24) is 5.31 Å². The van der Waals surface area contributed by atoms with E-state index >= 15 is 0 Å². The first-order chi connectivity index (χ1) is 8.63. The van der Waals surface area contributed by atoms with Gasteiger partial charge in [0.2, 0.25) is 6.75 Å². The lowest BCUT2D eigenvalue weighted by molar-refractivity contribution is 0.174. The zero-order valence-electron chi connectivity index (χ0n) is 13.1. The maximum atomic E-state index is 8.08. The molecule has 1 aliphatic rings. The molecular formula is C11H15NO2. The van der Waals surface area contributed by atoms with Crippen LogP contribution in [0.15, 0.2) is 18.2 Å². The minimum absolute atomic E-state index is 0.172. The van der Waals surface area contributed by atoms with Crippen LogP contribution in [0.3, 0.4) is 0 Å². The van der Waals surface area contributed by atoms with Gasteiger partial charge in [-0.15, -0.1) is 0 Å². The molecule has 0 aliphatic carbocycles. The second kappa shape index (κ2) is 3.88. The van der Waals surface area contributed by atoms with Gasteiger partial charge in [-0.25, -0.2) is 0 Å². The minimum atomic E-state index is -2.22. The van der Waals surface area contributed by atoms with E-state index in [4.69, 9.17) is 16.4 Å². The highest BCUT2D eigenvalue weighted by molar-refractivity contribution is 5.44. The van der Waals surface area contributed by atoms with Crippen LogP contribution < -0.4 is 14.8 Å². The van der Waals surface area contributed by atoms with Crippen molar-refractivity contribution in [2.45, 2.75) is 19.3 Å². The van der Waals surface area contributed by atoms with Gasteiger partial charge in [0.15, 0.2) is 11.5 Å². The van der Waals surface area contributed by atoms with Crippen LogP contribution in [-0.4, -0.2) is 19.8 Å². The van der Waals surface area contributed by atoms with E-state index in [2.05, 4.69) is 0 Å². The first-order valence-corrected chi connectivity index (χ1v) is 4.38. The fraction of sp³-hybridized carbons (Fsp3) is 0.455. The molecule has 0 aromatic heterocycles. The van der Waals surface area contributed by atoms with Crippen molar-refractivity contribution in [3.8, 4) is 11.5 Å². The van der Waals surface area contributed by atoms with Crippen LogP contribution in [0, 0.1) is 0 Å². The lowest BCUT2D eigenvalue weighted by Crippen LogP contribution is -2.23. The Hall–Kier alpha value is -1.22. The van der Waals surface area contributed by atoms with Crippen LogP contribution in [0.2, 0.25) is 1.41 Å². The van der Waals surface area contributed by atoms with Crippen LogP contribution >= 0.6 is 0 Å². The molecule has 0 radical (unpaired) electrons. The van der Waals surface area contributed by atoms with Crippen LogP contribution in [0.25, 0.3) is 0 Å². The number of fused-ring (bicyclic) bond motifs is 1. The summed E-state index contributed by atoms with van der Waals surface area (Å²) in [5.41, 5.74) is 0.319. The van der Waals surface area contributed by atoms with E-state index in [-0.39, 0.29) is 11.5 Å². The fourth-order valence-corrected chi connectivity index (χ4v) is 1.18. The molecular weight excluding hydrogens is 178 g/mol. The molecule has 76 valence electrons. The Morgan fingerprint density at radius 3 is 3.21 bits per heavy atom. The molecule has 1 aliphatic heterocycles. The summed E-state index contributed by atoms with van der Waals surface area (Å²) in [6.45, 7) is -0.609. The van der Waals surface area contributed by atoms with Crippen molar-refractivity contribution < 1.29 is 16.4 Å². The number of ether oxygens (including phenoxy) is 2. The van der Waals surface area contributed by atoms with Crippen molar-refractivity contribution in [3.63, 3.8) is 0 Å². The SMILES string of the molecule is [2H]N(C)C(C)C([2H])([2H])c1ccc2c(c1)OC([2H])([2H])O2. The van der Waals surface area contributed by atoms with Gasteiger partial charge in [-0.3, -0.25) is 0 Å². The summed E-state index contributed by atoms with van der Waals surface area (Å²) in [5.74, 6) is 0.419. The van der Waals surface area contributed by atoms with E-state index in [9.17, 15) is 0 Å². The zero-order chi connectivity index (χ0) is 14.4. The summed E-state index contributed by atoms with van der Waals surface area (Å²) in [7, 11) is 1.48. The highest BCUT2D eigenvalue weighted by atomic mass is 16.7. The van der Waals surface area contributed by atoms with E-state index in [1.165, 1.54) is 25.2 Å². The molecule has 1 N–H and O–H groups in total. The molecule has 14 heavy (non-hydrogen) atoms. The van der Waals surface area contributed by atoms with Gasteiger partial charge in [0.25, 0.3) is 0 Å². The van der Waals surface area contributed by atoms with Crippen molar-refractivity contribution in [2.24, 2.45) is 0 Å². The van der Waals surface area contributed by atoms with E-state index in [0.29, 0.717) is 5.56 Å². The van der Waals surface area contributed by atoms with Gasteiger partial charge < -0.3 is 14.8 Å². The Morgan fingerprint density at radius 1 is 1.64 bits per heavy atom. The molecule has 0 saturated carbocycles. The smallest absolute Gasteiger partial charge is 0.231 e. The quantitative estimate of drug-likeness (QED) is 0.799. The minimum Gasteiger partial charge on any atom is -0.454 e. The fourth-order valence-electron chi connectivity index (χ4n) is 1.18. The molecule has 1 aromatic carbocycles. The van der Waals surface area contributed by atoms with Crippen molar-refractivity contribution in [1.29, 1.82) is 0 Å². The van der Waals surface area contributed by atoms with Gasteiger partial charge in [-0.05, 0) is 38.0 Å². The Balaban J connectivity index is 2.34. The van der Waals surface area contributed by atoms with E-state index in [0.717, 1.165) is 5.31 Å². The molecule has 3 nitrogen and oxygen atoms in total. The number of likely N-dealkylation sites (N-methyl/N-ethyl adjacent to an activating group) is 1. The summed E-state index contributed by atoms with van der Waals surface area (Å²) >= 11 is 0. The molecule has 1 heterocycles. The van der Waals surface area contributed by atoms with Gasteiger partial charge in [0.1, 0.15) is 4.15 Å².